The summed E-state index contributed by atoms with van der Waals surface area (Å²) in [6.07, 6.45) is 1.87. The van der Waals surface area contributed by atoms with Gasteiger partial charge in [0.25, 0.3) is 5.56 Å². The van der Waals surface area contributed by atoms with Crippen molar-refractivity contribution in [3.63, 3.8) is 0 Å². The maximum atomic E-state index is 12.3. The Morgan fingerprint density at radius 1 is 1.24 bits per heavy atom. The Balaban J connectivity index is 2.50. The maximum Gasteiger partial charge on any atom is 0.258 e. The van der Waals surface area contributed by atoms with Crippen molar-refractivity contribution in [2.75, 3.05) is 5.75 Å². The highest BCUT2D eigenvalue weighted by Gasteiger charge is 2.17. The third kappa shape index (κ3) is 2.55. The molecule has 0 saturated carbocycles. The first-order chi connectivity index (χ1) is 8.03. The fourth-order valence-corrected chi connectivity index (χ4v) is 1.97. The van der Waals surface area contributed by atoms with Gasteiger partial charge in [0.05, 0.1) is 0 Å². The summed E-state index contributed by atoms with van der Waals surface area (Å²) in [6, 6.07) is 9.68. The normalized spacial score (nSPS) is 11.9. The second-order valence-corrected chi connectivity index (χ2v) is 5.47. The van der Waals surface area contributed by atoms with E-state index < -0.39 is 0 Å². The Bertz CT molecular complexity index is 586. The molecule has 0 amide bonds. The van der Waals surface area contributed by atoms with Gasteiger partial charge in [-0.3, -0.25) is 4.79 Å². The van der Waals surface area contributed by atoms with E-state index in [1.807, 2.05) is 36.5 Å². The lowest BCUT2D eigenvalue weighted by Crippen LogP contribution is -2.29. The third-order valence-corrected chi connectivity index (χ3v) is 3.77. The molecule has 0 bridgehead atoms. The Morgan fingerprint density at radius 2 is 1.94 bits per heavy atom. The van der Waals surface area contributed by atoms with Crippen LogP contribution < -0.4 is 5.56 Å². The predicted molar refractivity (Wildman–Crippen MR) is 75.8 cm³/mol. The molecule has 3 heteroatoms. The molecular formula is C14H17NOS. The first kappa shape index (κ1) is 12.2. The fourth-order valence-electron chi connectivity index (χ4n) is 1.87. The number of rotatable bonds is 3. The third-order valence-electron chi connectivity index (χ3n) is 2.91. The first-order valence-corrected chi connectivity index (χ1v) is 6.36. The molecule has 1 aromatic carbocycles. The van der Waals surface area contributed by atoms with Gasteiger partial charge in [0.15, 0.2) is 0 Å². The number of fused-ring (bicyclic) bond motifs is 1. The van der Waals surface area contributed by atoms with Crippen LogP contribution >= 0.6 is 12.6 Å². The van der Waals surface area contributed by atoms with Gasteiger partial charge in [-0.2, -0.15) is 12.6 Å². The zero-order chi connectivity index (χ0) is 12.5. The molecule has 0 saturated heterocycles. The van der Waals surface area contributed by atoms with E-state index in [9.17, 15) is 4.79 Å². The molecule has 0 N–H and O–H groups in total. The van der Waals surface area contributed by atoms with Crippen molar-refractivity contribution in [2.45, 2.75) is 20.4 Å². The van der Waals surface area contributed by atoms with Gasteiger partial charge in [-0.25, -0.2) is 0 Å². The predicted octanol–water partition coefficient (Wildman–Crippen LogP) is 2.96. The van der Waals surface area contributed by atoms with E-state index >= 15 is 0 Å². The maximum absolute atomic E-state index is 12.3. The monoisotopic (exact) mass is 247 g/mol. The SMILES string of the molecule is CC(C)(CS)Cn1ccc2ccccc2c1=O. The van der Waals surface area contributed by atoms with Crippen LogP contribution in [0, 0.1) is 5.41 Å². The van der Waals surface area contributed by atoms with Crippen LogP contribution in [0.5, 0.6) is 0 Å². The summed E-state index contributed by atoms with van der Waals surface area (Å²) in [5.74, 6) is 0.756. The summed E-state index contributed by atoms with van der Waals surface area (Å²) in [5, 5.41) is 1.78. The number of thiol groups is 1. The van der Waals surface area contributed by atoms with Crippen LogP contribution in [0.4, 0.5) is 0 Å². The summed E-state index contributed by atoms with van der Waals surface area (Å²) in [6.45, 7) is 4.92. The quantitative estimate of drug-likeness (QED) is 0.828. The van der Waals surface area contributed by atoms with Crippen molar-refractivity contribution < 1.29 is 0 Å². The Morgan fingerprint density at radius 3 is 2.65 bits per heavy atom. The van der Waals surface area contributed by atoms with Crippen LogP contribution in [0.1, 0.15) is 13.8 Å². The van der Waals surface area contributed by atoms with Gasteiger partial charge in [0, 0.05) is 18.1 Å². The molecule has 90 valence electrons. The summed E-state index contributed by atoms with van der Waals surface area (Å²) in [7, 11) is 0. The highest BCUT2D eigenvalue weighted by atomic mass is 32.1. The number of hydrogen-bond donors (Lipinski definition) is 1. The number of pyridine rings is 1. The topological polar surface area (TPSA) is 22.0 Å². The summed E-state index contributed by atoms with van der Waals surface area (Å²) >= 11 is 4.32. The van der Waals surface area contributed by atoms with Crippen molar-refractivity contribution in [3.8, 4) is 0 Å². The molecule has 0 unspecified atom stereocenters. The highest BCUT2D eigenvalue weighted by Crippen LogP contribution is 2.19. The molecule has 1 aromatic heterocycles. The van der Waals surface area contributed by atoms with E-state index in [0.717, 1.165) is 16.5 Å². The minimum absolute atomic E-state index is 0.0232. The smallest absolute Gasteiger partial charge is 0.258 e. The molecule has 0 radical (unpaired) electrons. The second kappa shape index (κ2) is 4.57. The van der Waals surface area contributed by atoms with Crippen molar-refractivity contribution in [2.24, 2.45) is 5.41 Å². The molecule has 17 heavy (non-hydrogen) atoms. The standard InChI is InChI=1S/C14H17NOS/c1-14(2,10-17)9-15-8-7-11-5-3-4-6-12(11)13(15)16/h3-8,17H,9-10H2,1-2H3. The van der Waals surface area contributed by atoms with Crippen molar-refractivity contribution in [3.05, 3.63) is 46.9 Å². The van der Waals surface area contributed by atoms with E-state index in [2.05, 4.69) is 26.5 Å². The van der Waals surface area contributed by atoms with E-state index in [-0.39, 0.29) is 11.0 Å². The van der Waals surface area contributed by atoms with Gasteiger partial charge in [-0.1, -0.05) is 32.0 Å². The van der Waals surface area contributed by atoms with Crippen LogP contribution in [0.25, 0.3) is 10.8 Å². The zero-order valence-electron chi connectivity index (χ0n) is 10.2. The number of hydrogen-bond acceptors (Lipinski definition) is 2. The molecule has 0 spiro atoms. The lowest BCUT2D eigenvalue weighted by Gasteiger charge is -2.23. The molecule has 0 fully saturated rings. The van der Waals surface area contributed by atoms with Crippen molar-refractivity contribution >= 4 is 23.4 Å². The molecule has 2 nitrogen and oxygen atoms in total. The minimum atomic E-state index is 0.0232. The van der Waals surface area contributed by atoms with Crippen LogP contribution in [0.2, 0.25) is 0 Å². The van der Waals surface area contributed by atoms with Gasteiger partial charge >= 0.3 is 0 Å². The Labute approximate surface area is 107 Å². The first-order valence-electron chi connectivity index (χ1n) is 5.72. The summed E-state index contributed by atoms with van der Waals surface area (Å²) in [4.78, 5) is 12.3. The zero-order valence-corrected chi connectivity index (χ0v) is 11.1. The van der Waals surface area contributed by atoms with E-state index in [1.54, 1.807) is 4.57 Å². The molecule has 0 aliphatic carbocycles. The Hall–Kier alpha value is -1.22. The van der Waals surface area contributed by atoms with Gasteiger partial charge in [-0.15, -0.1) is 0 Å². The van der Waals surface area contributed by atoms with Crippen LogP contribution in [-0.2, 0) is 6.54 Å². The second-order valence-electron chi connectivity index (χ2n) is 5.16. The van der Waals surface area contributed by atoms with Gasteiger partial charge in [0.1, 0.15) is 0 Å². The molecule has 2 aromatic rings. The lowest BCUT2D eigenvalue weighted by atomic mass is 9.96. The van der Waals surface area contributed by atoms with E-state index in [4.69, 9.17) is 0 Å². The van der Waals surface area contributed by atoms with E-state index in [1.165, 1.54) is 0 Å². The number of benzene rings is 1. The summed E-state index contributed by atoms with van der Waals surface area (Å²) < 4.78 is 1.78. The number of nitrogens with zero attached hydrogens (tertiary/aromatic N) is 1. The molecule has 0 atom stereocenters. The lowest BCUT2D eigenvalue weighted by molar-refractivity contribution is 0.348. The van der Waals surface area contributed by atoms with Gasteiger partial charge < -0.3 is 4.57 Å². The molecule has 1 heterocycles. The Kier molecular flexibility index (Phi) is 3.29. The highest BCUT2D eigenvalue weighted by molar-refractivity contribution is 7.80. The molecular weight excluding hydrogens is 230 g/mol. The fraction of sp³-hybridized carbons (Fsp3) is 0.357. The van der Waals surface area contributed by atoms with Gasteiger partial charge in [-0.05, 0) is 28.7 Å². The molecule has 0 aliphatic rings. The van der Waals surface area contributed by atoms with Gasteiger partial charge in [0.2, 0.25) is 0 Å². The number of aromatic nitrogens is 1. The van der Waals surface area contributed by atoms with Crippen LogP contribution in [0.3, 0.4) is 0 Å². The average Bonchev–Trinajstić information content (AvgIpc) is 2.33. The van der Waals surface area contributed by atoms with Crippen molar-refractivity contribution in [1.82, 2.24) is 4.57 Å². The summed E-state index contributed by atoms with van der Waals surface area (Å²) in [5.41, 5.74) is 0.105. The van der Waals surface area contributed by atoms with E-state index in [0.29, 0.717) is 6.54 Å². The molecule has 2 rings (SSSR count). The molecule has 0 aliphatic heterocycles. The average molecular weight is 247 g/mol. The van der Waals surface area contributed by atoms with Crippen molar-refractivity contribution in [1.29, 1.82) is 0 Å². The van der Waals surface area contributed by atoms with Crippen LogP contribution in [-0.4, -0.2) is 10.3 Å². The van der Waals surface area contributed by atoms with Crippen LogP contribution in [0.15, 0.2) is 41.3 Å². The minimum Gasteiger partial charge on any atom is -0.314 e. The largest absolute Gasteiger partial charge is 0.314 e.